The number of hydrogen-bond donors (Lipinski definition) is 2. The molecule has 168 valence electrons. The Balaban J connectivity index is 1.37. The average molecular weight is 457 g/mol. The van der Waals surface area contributed by atoms with Crippen molar-refractivity contribution in [3.63, 3.8) is 0 Å². The van der Waals surface area contributed by atoms with Crippen LogP contribution in [0.15, 0.2) is 48.5 Å². The zero-order valence-electron chi connectivity index (χ0n) is 17.6. The lowest BCUT2D eigenvalue weighted by Gasteiger charge is -2.24. The van der Waals surface area contributed by atoms with Gasteiger partial charge in [0.05, 0.1) is 19.6 Å². The molecular weight excluding hydrogens is 432 g/mol. The fourth-order valence-corrected chi connectivity index (χ4v) is 4.04. The molecule has 0 aliphatic carbocycles. The topological polar surface area (TPSA) is 91.0 Å². The van der Waals surface area contributed by atoms with Crippen LogP contribution in [0, 0.1) is 0 Å². The SMILES string of the molecule is O=C(Nc1ccc(N2CCOCCC2=O)cc1)[C@H]1CCCN1C(=O)Nc1ccc(Cl)cc1. The molecule has 2 saturated heterocycles. The molecule has 2 aromatic rings. The second-order valence-electron chi connectivity index (χ2n) is 7.73. The molecule has 1 atom stereocenters. The molecule has 4 amide bonds. The zero-order chi connectivity index (χ0) is 22.5. The average Bonchev–Trinajstić information content (AvgIpc) is 3.19. The predicted octanol–water partition coefficient (Wildman–Crippen LogP) is 3.73. The molecule has 0 saturated carbocycles. The maximum absolute atomic E-state index is 12.9. The van der Waals surface area contributed by atoms with Gasteiger partial charge >= 0.3 is 6.03 Å². The minimum atomic E-state index is -0.550. The first-order valence-electron chi connectivity index (χ1n) is 10.6. The van der Waals surface area contributed by atoms with Crippen molar-refractivity contribution in [1.82, 2.24) is 4.90 Å². The Morgan fingerprint density at radius 3 is 2.38 bits per heavy atom. The van der Waals surface area contributed by atoms with Crippen molar-refractivity contribution >= 4 is 46.5 Å². The van der Waals surface area contributed by atoms with Crippen LogP contribution < -0.4 is 15.5 Å². The third-order valence-electron chi connectivity index (χ3n) is 5.58. The van der Waals surface area contributed by atoms with Crippen LogP contribution in [-0.2, 0) is 14.3 Å². The summed E-state index contributed by atoms with van der Waals surface area (Å²) in [5.41, 5.74) is 2.00. The molecule has 8 nitrogen and oxygen atoms in total. The summed E-state index contributed by atoms with van der Waals surface area (Å²) in [4.78, 5) is 41.0. The summed E-state index contributed by atoms with van der Waals surface area (Å²) in [6.45, 7) is 1.95. The summed E-state index contributed by atoms with van der Waals surface area (Å²) in [5.74, 6) is -0.215. The molecule has 0 unspecified atom stereocenters. The van der Waals surface area contributed by atoms with Crippen LogP contribution >= 0.6 is 11.6 Å². The van der Waals surface area contributed by atoms with Gasteiger partial charge in [-0.1, -0.05) is 11.6 Å². The number of anilines is 3. The molecule has 2 aliphatic heterocycles. The summed E-state index contributed by atoms with van der Waals surface area (Å²) in [6, 6.07) is 13.1. The molecule has 0 radical (unpaired) electrons. The van der Waals surface area contributed by atoms with Crippen molar-refractivity contribution in [3.8, 4) is 0 Å². The van der Waals surface area contributed by atoms with Crippen LogP contribution in [0.4, 0.5) is 21.9 Å². The van der Waals surface area contributed by atoms with Crippen LogP contribution in [0.3, 0.4) is 0 Å². The van der Waals surface area contributed by atoms with Gasteiger partial charge in [-0.3, -0.25) is 9.59 Å². The van der Waals surface area contributed by atoms with Crippen molar-refractivity contribution in [3.05, 3.63) is 53.6 Å². The Hall–Kier alpha value is -3.10. The molecule has 4 rings (SSSR count). The third kappa shape index (κ3) is 5.20. The highest BCUT2D eigenvalue weighted by Gasteiger charge is 2.34. The first-order valence-corrected chi connectivity index (χ1v) is 11.0. The zero-order valence-corrected chi connectivity index (χ0v) is 18.3. The standard InChI is InChI=1S/C23H25ClN4O4/c24-16-3-5-18(6-4-16)26-23(31)28-12-1-2-20(28)22(30)25-17-7-9-19(10-8-17)27-13-15-32-14-11-21(27)29/h3-10,20H,1-2,11-15H2,(H,25,30)(H,26,31)/t20-/m1/s1. The van der Waals surface area contributed by atoms with Gasteiger partial charge < -0.3 is 25.2 Å². The van der Waals surface area contributed by atoms with E-state index >= 15 is 0 Å². The Morgan fingerprint density at radius 1 is 0.938 bits per heavy atom. The number of carbonyl (C=O) groups excluding carboxylic acids is 3. The first-order chi connectivity index (χ1) is 15.5. The van der Waals surface area contributed by atoms with Gasteiger partial charge in [0, 0.05) is 35.2 Å². The molecular formula is C23H25ClN4O4. The van der Waals surface area contributed by atoms with E-state index in [-0.39, 0.29) is 17.8 Å². The van der Waals surface area contributed by atoms with Crippen LogP contribution in [0.1, 0.15) is 19.3 Å². The van der Waals surface area contributed by atoms with Crippen molar-refractivity contribution in [2.24, 2.45) is 0 Å². The molecule has 2 N–H and O–H groups in total. The largest absolute Gasteiger partial charge is 0.379 e. The normalized spacial score (nSPS) is 18.9. The summed E-state index contributed by atoms with van der Waals surface area (Å²) in [5, 5.41) is 6.29. The number of halogens is 1. The highest BCUT2D eigenvalue weighted by molar-refractivity contribution is 6.30. The van der Waals surface area contributed by atoms with Gasteiger partial charge in [0.1, 0.15) is 6.04 Å². The molecule has 0 aromatic heterocycles. The molecule has 2 aromatic carbocycles. The predicted molar refractivity (Wildman–Crippen MR) is 123 cm³/mol. The smallest absolute Gasteiger partial charge is 0.322 e. The Bertz CT molecular complexity index is 980. The lowest BCUT2D eigenvalue weighted by Crippen LogP contribution is -2.45. The van der Waals surface area contributed by atoms with Gasteiger partial charge in [-0.15, -0.1) is 0 Å². The molecule has 32 heavy (non-hydrogen) atoms. The molecule has 2 fully saturated rings. The number of benzene rings is 2. The number of carbonyl (C=O) groups is 3. The van der Waals surface area contributed by atoms with Crippen LogP contribution in [0.25, 0.3) is 0 Å². The Morgan fingerprint density at radius 2 is 1.62 bits per heavy atom. The van der Waals surface area contributed by atoms with Gasteiger partial charge in [0.2, 0.25) is 11.8 Å². The monoisotopic (exact) mass is 456 g/mol. The Labute approximate surface area is 191 Å². The number of rotatable bonds is 4. The van der Waals surface area contributed by atoms with Crippen LogP contribution in [-0.4, -0.2) is 55.1 Å². The highest BCUT2D eigenvalue weighted by atomic mass is 35.5. The third-order valence-corrected chi connectivity index (χ3v) is 5.83. The minimum absolute atomic E-state index is 0.0209. The number of nitrogens with one attached hydrogen (secondary N) is 2. The lowest BCUT2D eigenvalue weighted by atomic mass is 10.2. The second-order valence-corrected chi connectivity index (χ2v) is 8.17. The Kier molecular flexibility index (Phi) is 6.92. The van der Waals surface area contributed by atoms with E-state index in [1.165, 1.54) is 0 Å². The van der Waals surface area contributed by atoms with Crippen molar-refractivity contribution in [2.75, 3.05) is 41.8 Å². The van der Waals surface area contributed by atoms with Gasteiger partial charge in [0.25, 0.3) is 0 Å². The van der Waals surface area contributed by atoms with E-state index in [2.05, 4.69) is 10.6 Å². The van der Waals surface area contributed by atoms with E-state index in [0.29, 0.717) is 55.5 Å². The second kappa shape index (κ2) is 10.0. The highest BCUT2D eigenvalue weighted by Crippen LogP contribution is 2.23. The van der Waals surface area contributed by atoms with Gasteiger partial charge in [-0.25, -0.2) is 4.79 Å². The summed E-state index contributed by atoms with van der Waals surface area (Å²) in [7, 11) is 0. The number of likely N-dealkylation sites (tertiary alicyclic amines) is 1. The fourth-order valence-electron chi connectivity index (χ4n) is 3.91. The first kappa shape index (κ1) is 22.1. The van der Waals surface area contributed by atoms with Crippen molar-refractivity contribution in [2.45, 2.75) is 25.3 Å². The van der Waals surface area contributed by atoms with E-state index in [1.54, 1.807) is 58.3 Å². The minimum Gasteiger partial charge on any atom is -0.379 e. The summed E-state index contributed by atoms with van der Waals surface area (Å²) >= 11 is 5.88. The molecule has 2 heterocycles. The molecule has 0 spiro atoms. The number of hydrogen-bond acceptors (Lipinski definition) is 4. The van der Waals surface area contributed by atoms with Crippen molar-refractivity contribution < 1.29 is 19.1 Å². The maximum atomic E-state index is 12.9. The lowest BCUT2D eigenvalue weighted by molar-refractivity contribution is -0.120. The van der Waals surface area contributed by atoms with Gasteiger partial charge in [-0.05, 0) is 61.4 Å². The fraction of sp³-hybridized carbons (Fsp3) is 0.348. The van der Waals surface area contributed by atoms with E-state index in [4.69, 9.17) is 16.3 Å². The molecule has 0 bridgehead atoms. The van der Waals surface area contributed by atoms with E-state index in [9.17, 15) is 14.4 Å². The van der Waals surface area contributed by atoms with Crippen molar-refractivity contribution in [1.29, 1.82) is 0 Å². The summed E-state index contributed by atoms with van der Waals surface area (Å²) in [6.07, 6.45) is 1.71. The van der Waals surface area contributed by atoms with Gasteiger partial charge in [0.15, 0.2) is 0 Å². The van der Waals surface area contributed by atoms with Crippen LogP contribution in [0.2, 0.25) is 5.02 Å². The maximum Gasteiger partial charge on any atom is 0.322 e. The number of urea groups is 1. The number of nitrogens with zero attached hydrogens (tertiary/aromatic N) is 2. The molecule has 9 heteroatoms. The van der Waals surface area contributed by atoms with E-state index < -0.39 is 6.04 Å². The van der Waals surface area contributed by atoms with Crippen LogP contribution in [0.5, 0.6) is 0 Å². The summed E-state index contributed by atoms with van der Waals surface area (Å²) < 4.78 is 5.36. The van der Waals surface area contributed by atoms with Gasteiger partial charge in [-0.2, -0.15) is 0 Å². The quantitative estimate of drug-likeness (QED) is 0.733. The number of ether oxygens (including phenoxy) is 1. The van der Waals surface area contributed by atoms with E-state index in [1.807, 2.05) is 0 Å². The van der Waals surface area contributed by atoms with E-state index in [0.717, 1.165) is 12.1 Å². The molecule has 2 aliphatic rings. The number of amides is 4.